The van der Waals surface area contributed by atoms with Crippen LogP contribution in [-0.2, 0) is 6.42 Å². The van der Waals surface area contributed by atoms with E-state index in [4.69, 9.17) is 0 Å². The van der Waals surface area contributed by atoms with Crippen molar-refractivity contribution >= 4 is 0 Å². The SMILES string of the molecule is CC(C)C[C@@H](c1ccc2c(c1)Cc1ccccc1-2)N1CCNCC1. The smallest absolute Gasteiger partial charge is 0.0351 e. The standard InChI is InChI=1S/C22H28N2/c1-16(2)13-22(24-11-9-23-10-12-24)18-7-8-21-19(15-18)14-17-5-3-4-6-20(17)21/h3-8,15-16,22-23H,9-14H2,1-2H3/t22-/m0/s1. The molecule has 0 saturated carbocycles. The van der Waals surface area contributed by atoms with Crippen LogP contribution >= 0.6 is 0 Å². The van der Waals surface area contributed by atoms with Gasteiger partial charge in [-0.2, -0.15) is 0 Å². The second kappa shape index (κ2) is 6.70. The van der Waals surface area contributed by atoms with Gasteiger partial charge in [-0.1, -0.05) is 56.3 Å². The highest BCUT2D eigenvalue weighted by molar-refractivity contribution is 5.77. The van der Waals surface area contributed by atoms with Gasteiger partial charge in [-0.15, -0.1) is 0 Å². The molecule has 1 aliphatic heterocycles. The van der Waals surface area contributed by atoms with Gasteiger partial charge < -0.3 is 5.32 Å². The Morgan fingerprint density at radius 2 is 1.71 bits per heavy atom. The number of hydrogen-bond acceptors (Lipinski definition) is 2. The van der Waals surface area contributed by atoms with Crippen LogP contribution in [0.5, 0.6) is 0 Å². The maximum atomic E-state index is 3.49. The predicted molar refractivity (Wildman–Crippen MR) is 101 cm³/mol. The molecule has 2 heteroatoms. The van der Waals surface area contributed by atoms with Gasteiger partial charge in [-0.3, -0.25) is 4.90 Å². The average Bonchev–Trinajstić information content (AvgIpc) is 2.98. The van der Waals surface area contributed by atoms with Gasteiger partial charge in [0, 0.05) is 32.2 Å². The zero-order valence-corrected chi connectivity index (χ0v) is 14.9. The fourth-order valence-electron chi connectivity index (χ4n) is 4.31. The third-order valence-electron chi connectivity index (χ3n) is 5.49. The first-order valence-corrected chi connectivity index (χ1v) is 9.38. The molecule has 2 aromatic carbocycles. The Hall–Kier alpha value is -1.64. The Bertz CT molecular complexity index is 714. The van der Waals surface area contributed by atoms with Gasteiger partial charge in [0.15, 0.2) is 0 Å². The summed E-state index contributed by atoms with van der Waals surface area (Å²) < 4.78 is 0. The van der Waals surface area contributed by atoms with Gasteiger partial charge in [-0.05, 0) is 46.6 Å². The third-order valence-corrected chi connectivity index (χ3v) is 5.49. The van der Waals surface area contributed by atoms with E-state index in [0.29, 0.717) is 6.04 Å². The summed E-state index contributed by atoms with van der Waals surface area (Å²) in [5.41, 5.74) is 7.38. The fourth-order valence-corrected chi connectivity index (χ4v) is 4.31. The minimum atomic E-state index is 0.557. The summed E-state index contributed by atoms with van der Waals surface area (Å²) in [4.78, 5) is 2.68. The first kappa shape index (κ1) is 15.9. The molecule has 0 bridgehead atoms. The molecule has 2 nitrogen and oxygen atoms in total. The second-order valence-corrected chi connectivity index (χ2v) is 7.68. The Kier molecular flexibility index (Phi) is 4.43. The van der Waals surface area contributed by atoms with Crippen molar-refractivity contribution in [3.05, 3.63) is 59.2 Å². The van der Waals surface area contributed by atoms with E-state index in [0.717, 1.165) is 38.5 Å². The van der Waals surface area contributed by atoms with E-state index in [1.165, 1.54) is 34.2 Å². The number of rotatable bonds is 4. The molecule has 1 saturated heterocycles. The molecule has 24 heavy (non-hydrogen) atoms. The van der Waals surface area contributed by atoms with Gasteiger partial charge in [-0.25, -0.2) is 0 Å². The molecule has 0 unspecified atom stereocenters. The monoisotopic (exact) mass is 320 g/mol. The van der Waals surface area contributed by atoms with Crippen LogP contribution in [0.2, 0.25) is 0 Å². The lowest BCUT2D eigenvalue weighted by atomic mass is 9.92. The first-order chi connectivity index (χ1) is 11.7. The zero-order chi connectivity index (χ0) is 16.5. The summed E-state index contributed by atoms with van der Waals surface area (Å²) in [6, 6.07) is 16.7. The molecular weight excluding hydrogens is 292 g/mol. The second-order valence-electron chi connectivity index (χ2n) is 7.68. The fraction of sp³-hybridized carbons (Fsp3) is 0.455. The molecule has 1 N–H and O–H groups in total. The highest BCUT2D eigenvalue weighted by Gasteiger charge is 2.25. The van der Waals surface area contributed by atoms with Crippen LogP contribution in [0.4, 0.5) is 0 Å². The normalized spacial score (nSPS) is 18.5. The van der Waals surface area contributed by atoms with Crippen molar-refractivity contribution in [1.82, 2.24) is 10.2 Å². The molecule has 1 fully saturated rings. The summed E-state index contributed by atoms with van der Waals surface area (Å²) in [7, 11) is 0. The van der Waals surface area contributed by atoms with Gasteiger partial charge >= 0.3 is 0 Å². The first-order valence-electron chi connectivity index (χ1n) is 9.38. The van der Waals surface area contributed by atoms with E-state index in [1.807, 2.05) is 0 Å². The Morgan fingerprint density at radius 3 is 2.50 bits per heavy atom. The van der Waals surface area contributed by atoms with E-state index in [2.05, 4.69) is 66.5 Å². The summed E-state index contributed by atoms with van der Waals surface area (Å²) in [5.74, 6) is 0.718. The Morgan fingerprint density at radius 1 is 0.958 bits per heavy atom. The van der Waals surface area contributed by atoms with Crippen LogP contribution in [0.15, 0.2) is 42.5 Å². The third kappa shape index (κ3) is 3.01. The molecule has 2 aromatic rings. The van der Waals surface area contributed by atoms with Crippen LogP contribution in [0.25, 0.3) is 11.1 Å². The van der Waals surface area contributed by atoms with Gasteiger partial charge in [0.05, 0.1) is 0 Å². The molecule has 0 spiro atoms. The average molecular weight is 320 g/mol. The van der Waals surface area contributed by atoms with E-state index in [1.54, 1.807) is 0 Å². The van der Waals surface area contributed by atoms with Crippen molar-refractivity contribution in [3.8, 4) is 11.1 Å². The van der Waals surface area contributed by atoms with Crippen molar-refractivity contribution in [2.24, 2.45) is 5.92 Å². The van der Waals surface area contributed by atoms with Crippen LogP contribution in [-0.4, -0.2) is 31.1 Å². The molecule has 1 heterocycles. The number of piperazine rings is 1. The summed E-state index contributed by atoms with van der Waals surface area (Å²) in [6.45, 7) is 9.25. The molecule has 0 aromatic heterocycles. The summed E-state index contributed by atoms with van der Waals surface area (Å²) >= 11 is 0. The number of benzene rings is 2. The topological polar surface area (TPSA) is 15.3 Å². The number of nitrogens with zero attached hydrogens (tertiary/aromatic N) is 1. The minimum Gasteiger partial charge on any atom is -0.314 e. The van der Waals surface area contributed by atoms with Crippen molar-refractivity contribution in [1.29, 1.82) is 0 Å². The predicted octanol–water partition coefficient (Wildman–Crippen LogP) is 4.25. The van der Waals surface area contributed by atoms with Crippen LogP contribution < -0.4 is 5.32 Å². The number of nitrogens with one attached hydrogen (secondary N) is 1. The Labute approximate surface area is 145 Å². The molecule has 126 valence electrons. The molecule has 4 rings (SSSR count). The van der Waals surface area contributed by atoms with E-state index >= 15 is 0 Å². The highest BCUT2D eigenvalue weighted by Crippen LogP contribution is 2.39. The van der Waals surface area contributed by atoms with Gasteiger partial charge in [0.25, 0.3) is 0 Å². The molecule has 0 amide bonds. The zero-order valence-electron chi connectivity index (χ0n) is 14.9. The number of fused-ring (bicyclic) bond motifs is 3. The van der Waals surface area contributed by atoms with Crippen molar-refractivity contribution in [3.63, 3.8) is 0 Å². The van der Waals surface area contributed by atoms with E-state index in [9.17, 15) is 0 Å². The molecule has 1 atom stereocenters. The minimum absolute atomic E-state index is 0.557. The highest BCUT2D eigenvalue weighted by atomic mass is 15.2. The lowest BCUT2D eigenvalue weighted by molar-refractivity contribution is 0.154. The summed E-state index contributed by atoms with van der Waals surface area (Å²) in [6.07, 6.45) is 2.33. The molecule has 2 aliphatic rings. The maximum Gasteiger partial charge on any atom is 0.0351 e. The quantitative estimate of drug-likeness (QED) is 0.773. The number of hydrogen-bond donors (Lipinski definition) is 1. The lowest BCUT2D eigenvalue weighted by Gasteiger charge is -2.36. The van der Waals surface area contributed by atoms with Crippen molar-refractivity contribution < 1.29 is 0 Å². The van der Waals surface area contributed by atoms with Crippen LogP contribution in [0, 0.1) is 5.92 Å². The molecule has 0 radical (unpaired) electrons. The van der Waals surface area contributed by atoms with Crippen molar-refractivity contribution in [2.45, 2.75) is 32.7 Å². The Balaban J connectivity index is 1.66. The molecular formula is C22H28N2. The van der Waals surface area contributed by atoms with Crippen LogP contribution in [0.1, 0.15) is 43.0 Å². The van der Waals surface area contributed by atoms with E-state index in [-0.39, 0.29) is 0 Å². The molecule has 1 aliphatic carbocycles. The lowest BCUT2D eigenvalue weighted by Crippen LogP contribution is -2.45. The van der Waals surface area contributed by atoms with Gasteiger partial charge in [0.2, 0.25) is 0 Å². The summed E-state index contributed by atoms with van der Waals surface area (Å²) in [5, 5.41) is 3.49. The van der Waals surface area contributed by atoms with Crippen molar-refractivity contribution in [2.75, 3.05) is 26.2 Å². The maximum absolute atomic E-state index is 3.49. The van der Waals surface area contributed by atoms with Gasteiger partial charge in [0.1, 0.15) is 0 Å². The van der Waals surface area contributed by atoms with E-state index < -0.39 is 0 Å². The van der Waals surface area contributed by atoms with Crippen LogP contribution in [0.3, 0.4) is 0 Å². The largest absolute Gasteiger partial charge is 0.314 e.